The van der Waals surface area contributed by atoms with Gasteiger partial charge in [-0.15, -0.1) is 0 Å². The van der Waals surface area contributed by atoms with Gasteiger partial charge in [0.1, 0.15) is 12.6 Å². The predicted molar refractivity (Wildman–Crippen MR) is 19.0 cm³/mol. The van der Waals surface area contributed by atoms with E-state index in [1.807, 2.05) is 0 Å². The third-order valence-electron chi connectivity index (χ3n) is 0.192. The topological polar surface area (TPSA) is 34.1 Å². The fourth-order valence-corrected chi connectivity index (χ4v) is 0.0393. The molecule has 0 aromatic carbocycles. The van der Waals surface area contributed by atoms with Crippen LogP contribution in [0, 0.1) is 0 Å². The maximum Gasteiger partial charge on any atom is 1.00 e. The van der Waals surface area contributed by atoms with Crippen LogP contribution in [0.3, 0.4) is 0 Å². The molecule has 0 saturated carbocycles. The standard InChI is InChI=1S/C3H4O2.K.Na.2H/c4-2-1-3-5;;;;/h2-3H,1H2;;;;/q;2*+1;2*-1. The first kappa shape index (κ1) is 16.0. The molecule has 0 heterocycles. The van der Waals surface area contributed by atoms with Crippen molar-refractivity contribution >= 4 is 12.6 Å². The Morgan fingerprint density at radius 3 is 1.57 bits per heavy atom. The fourth-order valence-electron chi connectivity index (χ4n) is 0.0393. The van der Waals surface area contributed by atoms with Crippen LogP contribution in [0.2, 0.25) is 0 Å². The average Bonchev–Trinajstić information content (AvgIpc) is 1.41. The molecule has 0 aromatic heterocycles. The Balaban J connectivity index is -0.0000000133. The van der Waals surface area contributed by atoms with E-state index in [4.69, 9.17) is 0 Å². The summed E-state index contributed by atoms with van der Waals surface area (Å²) in [6.45, 7) is 0. The number of aldehydes is 2. The van der Waals surface area contributed by atoms with Crippen molar-refractivity contribution in [3.63, 3.8) is 0 Å². The second kappa shape index (κ2) is 15.7. The molecule has 0 spiro atoms. The molecule has 0 atom stereocenters. The van der Waals surface area contributed by atoms with Crippen molar-refractivity contribution in [2.24, 2.45) is 0 Å². The molecule has 0 radical (unpaired) electrons. The fraction of sp³-hybridized carbons (Fsp3) is 0.333. The minimum absolute atomic E-state index is 0. The number of rotatable bonds is 2. The summed E-state index contributed by atoms with van der Waals surface area (Å²) in [5.74, 6) is 0. The van der Waals surface area contributed by atoms with Gasteiger partial charge in [-0.1, -0.05) is 0 Å². The molecule has 0 aliphatic heterocycles. The largest absolute Gasteiger partial charge is 1.00 e. The molecule has 0 rings (SSSR count). The maximum atomic E-state index is 9.17. The summed E-state index contributed by atoms with van der Waals surface area (Å²) >= 11 is 0. The van der Waals surface area contributed by atoms with Crippen LogP contribution in [-0.2, 0) is 9.59 Å². The van der Waals surface area contributed by atoms with Gasteiger partial charge in [-0.05, 0) is 0 Å². The van der Waals surface area contributed by atoms with Gasteiger partial charge in [-0.2, -0.15) is 0 Å². The molecule has 4 heteroatoms. The number of carbonyl (C=O) groups excluding carboxylic acids is 2. The number of carbonyl (C=O) groups is 2. The average molecular weight is 136 g/mol. The van der Waals surface area contributed by atoms with Crippen LogP contribution < -0.4 is 80.9 Å². The van der Waals surface area contributed by atoms with Gasteiger partial charge in [-0.25, -0.2) is 0 Å². The summed E-state index contributed by atoms with van der Waals surface area (Å²) in [7, 11) is 0. The van der Waals surface area contributed by atoms with Crippen LogP contribution in [0.1, 0.15) is 9.27 Å². The van der Waals surface area contributed by atoms with E-state index in [-0.39, 0.29) is 90.2 Å². The minimum atomic E-state index is 0. The zero-order valence-corrected chi connectivity index (χ0v) is 9.80. The van der Waals surface area contributed by atoms with Crippen LogP contribution in [0.15, 0.2) is 0 Å². The van der Waals surface area contributed by atoms with Gasteiger partial charge < -0.3 is 12.4 Å². The molecule has 0 saturated heterocycles. The summed E-state index contributed by atoms with van der Waals surface area (Å²) in [6.07, 6.45) is 1.15. The van der Waals surface area contributed by atoms with Gasteiger partial charge in [0.2, 0.25) is 0 Å². The molecule has 0 fully saturated rings. The Kier molecular flexibility index (Phi) is 35.8. The van der Waals surface area contributed by atoms with Gasteiger partial charge in [-0.3, -0.25) is 0 Å². The predicted octanol–water partition coefficient (Wildman–Crippen LogP) is -5.99. The smallest absolute Gasteiger partial charge is 1.00 e. The van der Waals surface area contributed by atoms with Crippen LogP contribution in [0.4, 0.5) is 0 Å². The minimum Gasteiger partial charge on any atom is -1.00 e. The molecular formula is C3H6KNaO2. The third-order valence-corrected chi connectivity index (χ3v) is 0.192. The monoisotopic (exact) mass is 136 g/mol. The van der Waals surface area contributed by atoms with E-state index in [1.165, 1.54) is 0 Å². The van der Waals surface area contributed by atoms with E-state index in [1.54, 1.807) is 0 Å². The summed E-state index contributed by atoms with van der Waals surface area (Å²) in [6, 6.07) is 0. The van der Waals surface area contributed by atoms with Crippen LogP contribution in [0.5, 0.6) is 0 Å². The Hall–Kier alpha value is 1.98. The molecule has 0 aliphatic rings. The Morgan fingerprint density at radius 1 is 1.29 bits per heavy atom. The molecule has 0 unspecified atom stereocenters. The quantitative estimate of drug-likeness (QED) is 0.215. The Bertz CT molecular complexity index is 49.1. The molecule has 0 amide bonds. The second-order valence-electron chi connectivity index (χ2n) is 0.569. The van der Waals surface area contributed by atoms with Crippen molar-refractivity contribution in [2.45, 2.75) is 6.42 Å². The van der Waals surface area contributed by atoms with Crippen molar-refractivity contribution in [2.75, 3.05) is 0 Å². The van der Waals surface area contributed by atoms with E-state index in [0.717, 1.165) is 0 Å². The molecular weight excluding hydrogens is 130 g/mol. The zero-order valence-electron chi connectivity index (χ0n) is 6.68. The van der Waals surface area contributed by atoms with Crippen LogP contribution >= 0.6 is 0 Å². The van der Waals surface area contributed by atoms with Crippen molar-refractivity contribution in [3.05, 3.63) is 0 Å². The SMILES string of the molecule is O=CCC=O.[H-].[H-].[K+].[Na+]. The first-order valence-electron chi connectivity index (χ1n) is 1.29. The summed E-state index contributed by atoms with van der Waals surface area (Å²) < 4.78 is 0. The second-order valence-corrected chi connectivity index (χ2v) is 0.569. The van der Waals surface area contributed by atoms with Gasteiger partial charge in [0, 0.05) is 0 Å². The molecule has 0 N–H and O–H groups in total. The van der Waals surface area contributed by atoms with Crippen molar-refractivity contribution in [3.8, 4) is 0 Å². The van der Waals surface area contributed by atoms with Gasteiger partial charge >= 0.3 is 80.9 Å². The van der Waals surface area contributed by atoms with Gasteiger partial charge in [0.15, 0.2) is 0 Å². The van der Waals surface area contributed by atoms with Gasteiger partial charge in [0.25, 0.3) is 0 Å². The summed E-state index contributed by atoms with van der Waals surface area (Å²) in [5, 5.41) is 0. The molecule has 32 valence electrons. The van der Waals surface area contributed by atoms with Crippen LogP contribution in [0.25, 0.3) is 0 Å². The molecule has 0 aromatic rings. The molecule has 0 bridgehead atoms. The van der Waals surface area contributed by atoms with E-state index in [0.29, 0.717) is 12.6 Å². The van der Waals surface area contributed by atoms with E-state index >= 15 is 0 Å². The first-order chi connectivity index (χ1) is 2.41. The van der Waals surface area contributed by atoms with Gasteiger partial charge in [0.05, 0.1) is 6.42 Å². The van der Waals surface area contributed by atoms with E-state index < -0.39 is 0 Å². The normalized spacial score (nSPS) is 4.57. The molecule has 2 nitrogen and oxygen atoms in total. The summed E-state index contributed by atoms with van der Waals surface area (Å²) in [4.78, 5) is 18.3. The zero-order chi connectivity index (χ0) is 4.12. The number of hydrogen-bond acceptors (Lipinski definition) is 2. The number of hydrogen-bond donors (Lipinski definition) is 0. The Morgan fingerprint density at radius 2 is 1.57 bits per heavy atom. The Labute approximate surface area is 110 Å². The van der Waals surface area contributed by atoms with Crippen molar-refractivity contribution in [1.82, 2.24) is 0 Å². The first-order valence-corrected chi connectivity index (χ1v) is 1.29. The molecule has 0 aliphatic carbocycles. The van der Waals surface area contributed by atoms with Crippen molar-refractivity contribution < 1.29 is 93.4 Å². The van der Waals surface area contributed by atoms with Crippen molar-refractivity contribution in [1.29, 1.82) is 0 Å². The maximum absolute atomic E-state index is 9.17. The summed E-state index contributed by atoms with van der Waals surface area (Å²) in [5.41, 5.74) is 0. The molecule has 7 heavy (non-hydrogen) atoms. The van der Waals surface area contributed by atoms with E-state index in [9.17, 15) is 9.59 Å². The van der Waals surface area contributed by atoms with Crippen LogP contribution in [-0.4, -0.2) is 12.6 Å². The third kappa shape index (κ3) is 18.0. The van der Waals surface area contributed by atoms with E-state index in [2.05, 4.69) is 0 Å².